The second-order valence-electron chi connectivity index (χ2n) is 10.6. The molecule has 2 aromatic rings. The fraction of sp³-hybridized carbons (Fsp3) is 0.387. The van der Waals surface area contributed by atoms with Crippen LogP contribution in [0.1, 0.15) is 23.6 Å². The molecular weight excluding hydrogens is 628 g/mol. The van der Waals surface area contributed by atoms with Crippen molar-refractivity contribution in [3.63, 3.8) is 0 Å². The number of hydrogen-bond donors (Lipinski definition) is 1. The summed E-state index contributed by atoms with van der Waals surface area (Å²) in [5.41, 5.74) is 2.04. The minimum atomic E-state index is -0.986. The van der Waals surface area contributed by atoms with Crippen LogP contribution >= 0.6 is 39.3 Å². The van der Waals surface area contributed by atoms with Crippen LogP contribution in [0.2, 0.25) is 5.02 Å². The summed E-state index contributed by atoms with van der Waals surface area (Å²) in [5.74, 6) is -2.70. The fourth-order valence-corrected chi connectivity index (χ4v) is 10.7. The number of halogens is 2. The summed E-state index contributed by atoms with van der Waals surface area (Å²) in [6.07, 6.45) is 3.61. The molecule has 2 bridgehead atoms. The van der Waals surface area contributed by atoms with Crippen LogP contribution in [0, 0.1) is 18.8 Å². The Morgan fingerprint density at radius 3 is 2.61 bits per heavy atom. The summed E-state index contributed by atoms with van der Waals surface area (Å²) >= 11 is 11.9. The number of fused-ring (bicyclic) bond motifs is 1. The van der Waals surface area contributed by atoms with E-state index in [0.717, 1.165) is 5.56 Å². The summed E-state index contributed by atoms with van der Waals surface area (Å²) in [4.78, 5) is 45.9. The van der Waals surface area contributed by atoms with E-state index in [1.807, 2.05) is 49.4 Å². The van der Waals surface area contributed by atoms with E-state index in [9.17, 15) is 19.5 Å². The zero-order valence-electron chi connectivity index (χ0n) is 22.6. The Labute approximate surface area is 257 Å². The zero-order chi connectivity index (χ0) is 29.5. The number of likely N-dealkylation sites (tertiary alicyclic amines) is 1. The molecule has 216 valence electrons. The van der Waals surface area contributed by atoms with Gasteiger partial charge in [-0.15, -0.1) is 18.3 Å². The molecule has 7 atom stereocenters. The predicted molar refractivity (Wildman–Crippen MR) is 165 cm³/mol. The summed E-state index contributed by atoms with van der Waals surface area (Å²) in [7, 11) is 0. The van der Waals surface area contributed by atoms with Gasteiger partial charge in [-0.1, -0.05) is 88.7 Å². The van der Waals surface area contributed by atoms with E-state index >= 15 is 0 Å². The molecule has 2 aromatic carbocycles. The van der Waals surface area contributed by atoms with Crippen molar-refractivity contribution in [3.05, 3.63) is 90.0 Å². The Balaban J connectivity index is 1.68. The Bertz CT molecular complexity index is 1360. The summed E-state index contributed by atoms with van der Waals surface area (Å²) < 4.78 is 4.55. The molecule has 5 rings (SSSR count). The molecule has 3 saturated heterocycles. The van der Waals surface area contributed by atoms with Gasteiger partial charge in [0.05, 0.1) is 39.9 Å². The van der Waals surface area contributed by atoms with Crippen LogP contribution < -0.4 is 4.90 Å². The summed E-state index contributed by atoms with van der Waals surface area (Å²) in [6, 6.07) is 12.8. The second kappa shape index (κ2) is 12.0. The van der Waals surface area contributed by atoms with Crippen LogP contribution in [0.25, 0.3) is 0 Å². The number of rotatable bonds is 10. The standard InChI is InChI=1S/C31H32BrClN2O5S/c1-4-14-34(25-18(3)10-9-13-21(25)33)29(38)27-31-16-20(32)26(41-31)23(30(39)40-15-5-2)24(31)28(37)35(27)22(17-36)19-11-7-6-8-12-19/h4-13,20,22-24,26-27,36H,1-2,14-17H2,3H3/t20?,22-,23+,24+,26+,27?,31?/m1/s1. The van der Waals surface area contributed by atoms with E-state index in [2.05, 4.69) is 29.1 Å². The number of thioether (sulfide) groups is 1. The van der Waals surface area contributed by atoms with Crippen molar-refractivity contribution in [2.45, 2.75) is 40.3 Å². The second-order valence-corrected chi connectivity index (χ2v) is 13.7. The lowest BCUT2D eigenvalue weighted by Gasteiger charge is -2.40. The lowest BCUT2D eigenvalue weighted by atomic mass is 9.71. The first kappa shape index (κ1) is 29.9. The Morgan fingerprint density at radius 1 is 1.24 bits per heavy atom. The number of aliphatic hydroxyl groups is 1. The molecular formula is C31H32BrClN2O5S. The number of aliphatic hydroxyl groups excluding tert-OH is 1. The molecule has 3 aliphatic rings. The van der Waals surface area contributed by atoms with Gasteiger partial charge in [0.2, 0.25) is 5.91 Å². The van der Waals surface area contributed by atoms with Gasteiger partial charge in [0.1, 0.15) is 12.6 Å². The van der Waals surface area contributed by atoms with Crippen LogP contribution in [0.3, 0.4) is 0 Å². The van der Waals surface area contributed by atoms with Crippen LogP contribution in [0.15, 0.2) is 73.8 Å². The van der Waals surface area contributed by atoms with Gasteiger partial charge in [0.25, 0.3) is 5.91 Å². The SMILES string of the molecule is C=CCOC(=O)[C@H]1[C@H]2C(=O)N([C@H](CO)c3ccccc3)C(C(=O)N(CC=C)c3c(C)cccc3Cl)C23CC(Br)[C@@H]1S3. The molecule has 0 aromatic heterocycles. The van der Waals surface area contributed by atoms with Crippen molar-refractivity contribution < 1.29 is 24.2 Å². The van der Waals surface area contributed by atoms with Gasteiger partial charge in [-0.3, -0.25) is 14.4 Å². The van der Waals surface area contributed by atoms with Gasteiger partial charge in [-0.25, -0.2) is 0 Å². The minimum Gasteiger partial charge on any atom is -0.461 e. The first-order chi connectivity index (χ1) is 19.7. The number of benzene rings is 2. The molecule has 41 heavy (non-hydrogen) atoms. The number of aryl methyl sites for hydroxylation is 1. The lowest BCUT2D eigenvalue weighted by molar-refractivity contribution is -0.153. The number of para-hydroxylation sites is 1. The Morgan fingerprint density at radius 2 is 1.98 bits per heavy atom. The highest BCUT2D eigenvalue weighted by atomic mass is 79.9. The van der Waals surface area contributed by atoms with E-state index in [1.54, 1.807) is 17.0 Å². The van der Waals surface area contributed by atoms with Crippen molar-refractivity contribution in [2.75, 3.05) is 24.7 Å². The predicted octanol–water partition coefficient (Wildman–Crippen LogP) is 5.09. The maximum Gasteiger partial charge on any atom is 0.311 e. The highest BCUT2D eigenvalue weighted by Gasteiger charge is 2.76. The third kappa shape index (κ3) is 4.84. The number of carbonyl (C=O) groups excluding carboxylic acids is 3. The molecule has 10 heteroatoms. The van der Waals surface area contributed by atoms with Crippen molar-refractivity contribution >= 4 is 62.8 Å². The minimum absolute atomic E-state index is 0.0296. The van der Waals surface area contributed by atoms with Gasteiger partial charge in [-0.05, 0) is 30.5 Å². The number of ether oxygens (including phenoxy) is 1. The fourth-order valence-electron chi connectivity index (χ4n) is 6.75. The van der Waals surface area contributed by atoms with E-state index in [4.69, 9.17) is 16.3 Å². The van der Waals surface area contributed by atoms with Gasteiger partial charge in [0, 0.05) is 16.6 Å². The largest absolute Gasteiger partial charge is 0.461 e. The average Bonchev–Trinajstić information content (AvgIpc) is 3.55. The molecule has 3 heterocycles. The van der Waals surface area contributed by atoms with Gasteiger partial charge in [-0.2, -0.15) is 0 Å². The van der Waals surface area contributed by atoms with Crippen molar-refractivity contribution in [3.8, 4) is 0 Å². The maximum atomic E-state index is 14.9. The van der Waals surface area contributed by atoms with Gasteiger partial charge in [0.15, 0.2) is 0 Å². The normalized spacial score (nSPS) is 28.7. The molecule has 1 N–H and O–H groups in total. The van der Waals surface area contributed by atoms with Crippen LogP contribution in [-0.4, -0.2) is 68.4 Å². The molecule has 0 aliphatic carbocycles. The smallest absolute Gasteiger partial charge is 0.311 e. The Hall–Kier alpha value is -2.59. The van der Waals surface area contributed by atoms with Crippen LogP contribution in [-0.2, 0) is 19.1 Å². The highest BCUT2D eigenvalue weighted by molar-refractivity contribution is 9.09. The third-order valence-corrected chi connectivity index (χ3v) is 11.8. The molecule has 3 fully saturated rings. The molecule has 7 nitrogen and oxygen atoms in total. The molecule has 0 saturated carbocycles. The summed E-state index contributed by atoms with van der Waals surface area (Å²) in [6.45, 7) is 9.18. The van der Waals surface area contributed by atoms with E-state index in [1.165, 1.54) is 22.7 Å². The molecule has 1 spiro atoms. The molecule has 3 aliphatic heterocycles. The van der Waals surface area contributed by atoms with E-state index < -0.39 is 41.2 Å². The molecule has 2 amide bonds. The number of anilines is 1. The van der Waals surface area contributed by atoms with Crippen LogP contribution in [0.5, 0.6) is 0 Å². The number of esters is 1. The van der Waals surface area contributed by atoms with Gasteiger partial charge < -0.3 is 19.6 Å². The molecule has 0 radical (unpaired) electrons. The Kier molecular flexibility index (Phi) is 8.71. The maximum absolute atomic E-state index is 14.9. The van der Waals surface area contributed by atoms with Crippen molar-refractivity contribution in [1.29, 1.82) is 0 Å². The number of alkyl halides is 1. The number of carbonyl (C=O) groups is 3. The highest BCUT2D eigenvalue weighted by Crippen LogP contribution is 2.68. The van der Waals surface area contributed by atoms with Crippen LogP contribution in [0.4, 0.5) is 5.69 Å². The van der Waals surface area contributed by atoms with E-state index in [0.29, 0.717) is 22.7 Å². The van der Waals surface area contributed by atoms with Crippen molar-refractivity contribution in [2.24, 2.45) is 11.8 Å². The van der Waals surface area contributed by atoms with Gasteiger partial charge >= 0.3 is 5.97 Å². The topological polar surface area (TPSA) is 87.1 Å². The van der Waals surface area contributed by atoms with Crippen molar-refractivity contribution in [1.82, 2.24) is 4.90 Å². The molecule has 3 unspecified atom stereocenters. The quantitative estimate of drug-likeness (QED) is 0.217. The summed E-state index contributed by atoms with van der Waals surface area (Å²) in [5, 5.41) is 10.9. The third-order valence-electron chi connectivity index (χ3n) is 8.31. The average molecular weight is 660 g/mol. The monoisotopic (exact) mass is 658 g/mol. The zero-order valence-corrected chi connectivity index (χ0v) is 25.8. The first-order valence-corrected chi connectivity index (χ1v) is 15.6. The van der Waals surface area contributed by atoms with E-state index in [-0.39, 0.29) is 35.0 Å². The lowest BCUT2D eigenvalue weighted by Crippen LogP contribution is -2.56. The first-order valence-electron chi connectivity index (χ1n) is 13.5. The number of hydrogen-bond acceptors (Lipinski definition) is 6. The number of nitrogens with zero attached hydrogens (tertiary/aromatic N) is 2. The number of amides is 2.